The fourth-order valence-corrected chi connectivity index (χ4v) is 1.99. The minimum absolute atomic E-state index is 0.130. The zero-order valence-electron chi connectivity index (χ0n) is 13.3. The number of amides is 1. The van der Waals surface area contributed by atoms with Crippen LogP contribution in [0.25, 0.3) is 0 Å². The second kappa shape index (κ2) is 9.65. The first kappa shape index (κ1) is 17.8. The number of benzene rings is 1. The van der Waals surface area contributed by atoms with Crippen molar-refractivity contribution in [1.29, 1.82) is 0 Å². The maximum absolute atomic E-state index is 10.9. The van der Waals surface area contributed by atoms with E-state index in [1.807, 2.05) is 32.0 Å². The van der Waals surface area contributed by atoms with E-state index in [2.05, 4.69) is 5.32 Å². The van der Waals surface area contributed by atoms with E-state index in [1.54, 1.807) is 0 Å². The molecule has 6 heteroatoms. The number of carbonyl (C=O) groups is 2. The first-order valence-electron chi connectivity index (χ1n) is 7.32. The third-order valence-electron chi connectivity index (χ3n) is 2.88. The van der Waals surface area contributed by atoms with Gasteiger partial charge in [0.2, 0.25) is 6.41 Å². The third kappa shape index (κ3) is 6.03. The molecule has 0 radical (unpaired) electrons. The Balaban J connectivity index is 2.82. The monoisotopic (exact) mass is 309 g/mol. The summed E-state index contributed by atoms with van der Waals surface area (Å²) < 4.78 is 16.0. The Labute approximate surface area is 130 Å². The van der Waals surface area contributed by atoms with Crippen LogP contribution >= 0.6 is 0 Å². The molecule has 22 heavy (non-hydrogen) atoms. The van der Waals surface area contributed by atoms with E-state index < -0.39 is 0 Å². The summed E-state index contributed by atoms with van der Waals surface area (Å²) in [7, 11) is 0. The molecule has 0 heterocycles. The molecule has 1 N–H and O–H groups in total. The summed E-state index contributed by atoms with van der Waals surface area (Å²) in [6, 6.07) is 5.34. The second-order valence-electron chi connectivity index (χ2n) is 4.64. The summed E-state index contributed by atoms with van der Waals surface area (Å²) in [6.07, 6.45) is 1.13. The predicted octanol–water partition coefficient (Wildman–Crippen LogP) is 1.70. The first-order chi connectivity index (χ1) is 10.6. The van der Waals surface area contributed by atoms with Gasteiger partial charge in [-0.2, -0.15) is 0 Å². The van der Waals surface area contributed by atoms with Gasteiger partial charge in [0.1, 0.15) is 6.61 Å². The highest BCUT2D eigenvalue weighted by Crippen LogP contribution is 2.29. The molecule has 0 aliphatic rings. The zero-order chi connectivity index (χ0) is 16.4. The summed E-state index contributed by atoms with van der Waals surface area (Å²) >= 11 is 0. The van der Waals surface area contributed by atoms with E-state index in [0.29, 0.717) is 37.5 Å². The van der Waals surface area contributed by atoms with Gasteiger partial charge in [-0.25, -0.2) is 0 Å². The van der Waals surface area contributed by atoms with E-state index in [4.69, 9.17) is 14.2 Å². The van der Waals surface area contributed by atoms with Crippen LogP contribution in [0, 0.1) is 0 Å². The van der Waals surface area contributed by atoms with E-state index in [1.165, 1.54) is 6.92 Å². The van der Waals surface area contributed by atoms with Gasteiger partial charge in [-0.05, 0) is 38.0 Å². The van der Waals surface area contributed by atoms with Crippen LogP contribution in [0.4, 0.5) is 0 Å². The van der Waals surface area contributed by atoms with Crippen LogP contribution in [0.5, 0.6) is 11.5 Å². The van der Waals surface area contributed by atoms with Crippen LogP contribution < -0.4 is 14.8 Å². The molecule has 1 aromatic carbocycles. The average Bonchev–Trinajstić information content (AvgIpc) is 2.48. The van der Waals surface area contributed by atoms with Crippen LogP contribution in [0.3, 0.4) is 0 Å². The van der Waals surface area contributed by atoms with Gasteiger partial charge < -0.3 is 19.5 Å². The highest BCUT2D eigenvalue weighted by molar-refractivity contribution is 5.66. The molecular formula is C16H23NO5. The van der Waals surface area contributed by atoms with Gasteiger partial charge in [0, 0.05) is 6.92 Å². The predicted molar refractivity (Wildman–Crippen MR) is 82.1 cm³/mol. The zero-order valence-corrected chi connectivity index (χ0v) is 13.3. The minimum atomic E-state index is -0.376. The van der Waals surface area contributed by atoms with Crippen molar-refractivity contribution in [3.8, 4) is 11.5 Å². The maximum Gasteiger partial charge on any atom is 0.302 e. The molecule has 0 unspecified atom stereocenters. The van der Waals surface area contributed by atoms with Gasteiger partial charge in [-0.3, -0.25) is 9.59 Å². The molecule has 1 rings (SSSR count). The van der Waals surface area contributed by atoms with Crippen LogP contribution in [0.15, 0.2) is 18.2 Å². The second-order valence-corrected chi connectivity index (χ2v) is 4.64. The molecule has 0 bridgehead atoms. The highest BCUT2D eigenvalue weighted by Gasteiger charge is 2.13. The lowest BCUT2D eigenvalue weighted by Gasteiger charge is -2.17. The fraction of sp³-hybridized carbons (Fsp3) is 0.500. The molecule has 6 nitrogen and oxygen atoms in total. The molecule has 1 atom stereocenters. The average molecular weight is 309 g/mol. The smallest absolute Gasteiger partial charge is 0.302 e. The largest absolute Gasteiger partial charge is 0.490 e. The summed E-state index contributed by atoms with van der Waals surface area (Å²) in [6.45, 7) is 6.37. The van der Waals surface area contributed by atoms with Gasteiger partial charge in [0.15, 0.2) is 11.5 Å². The SMILES string of the molecule is CCOc1ccc(C[C@H](COC(C)=O)NC=O)cc1OCC. The number of nitrogens with one attached hydrogen (secondary N) is 1. The lowest BCUT2D eigenvalue weighted by atomic mass is 10.1. The van der Waals surface area contributed by atoms with Gasteiger partial charge in [0.25, 0.3) is 0 Å². The molecular weight excluding hydrogens is 286 g/mol. The third-order valence-corrected chi connectivity index (χ3v) is 2.88. The van der Waals surface area contributed by atoms with Gasteiger partial charge in [0.05, 0.1) is 19.3 Å². The van der Waals surface area contributed by atoms with Crippen molar-refractivity contribution in [3.05, 3.63) is 23.8 Å². The lowest BCUT2D eigenvalue weighted by Crippen LogP contribution is -2.35. The lowest BCUT2D eigenvalue weighted by molar-refractivity contribution is -0.142. The van der Waals surface area contributed by atoms with Crippen LogP contribution in [0.2, 0.25) is 0 Å². The van der Waals surface area contributed by atoms with Crippen LogP contribution in [-0.2, 0) is 20.7 Å². The van der Waals surface area contributed by atoms with Crippen molar-refractivity contribution in [1.82, 2.24) is 5.32 Å². The molecule has 1 aromatic rings. The quantitative estimate of drug-likeness (QED) is 0.526. The van der Waals surface area contributed by atoms with Gasteiger partial charge in [-0.1, -0.05) is 6.07 Å². The minimum Gasteiger partial charge on any atom is -0.490 e. The Hall–Kier alpha value is -2.24. The topological polar surface area (TPSA) is 73.9 Å². The number of ether oxygens (including phenoxy) is 3. The Morgan fingerprint density at radius 2 is 1.91 bits per heavy atom. The fourth-order valence-electron chi connectivity index (χ4n) is 1.99. The standard InChI is InChI=1S/C16H23NO5/c1-4-20-15-7-6-13(9-16(15)21-5-2)8-14(17-11-18)10-22-12(3)19/h6-7,9,11,14H,4-5,8,10H2,1-3H3,(H,17,18)/t14-/m1/s1. The van der Waals surface area contributed by atoms with Crippen molar-refractivity contribution in [2.45, 2.75) is 33.2 Å². The summed E-state index contributed by atoms with van der Waals surface area (Å²) in [5.74, 6) is 0.978. The number of carbonyl (C=O) groups excluding carboxylic acids is 2. The van der Waals surface area contributed by atoms with E-state index in [9.17, 15) is 9.59 Å². The van der Waals surface area contributed by atoms with Crippen LogP contribution in [-0.4, -0.2) is 38.2 Å². The Kier molecular flexibility index (Phi) is 7.81. The van der Waals surface area contributed by atoms with Crippen molar-refractivity contribution in [2.24, 2.45) is 0 Å². The van der Waals surface area contributed by atoms with Gasteiger partial charge in [-0.15, -0.1) is 0 Å². The molecule has 0 saturated carbocycles. The van der Waals surface area contributed by atoms with Gasteiger partial charge >= 0.3 is 5.97 Å². The maximum atomic E-state index is 10.9. The normalized spacial score (nSPS) is 11.4. The molecule has 0 spiro atoms. The number of rotatable bonds is 10. The Morgan fingerprint density at radius 1 is 1.23 bits per heavy atom. The first-order valence-corrected chi connectivity index (χ1v) is 7.32. The van der Waals surface area contributed by atoms with Crippen molar-refractivity contribution in [3.63, 3.8) is 0 Å². The van der Waals surface area contributed by atoms with E-state index >= 15 is 0 Å². The van der Waals surface area contributed by atoms with Crippen molar-refractivity contribution in [2.75, 3.05) is 19.8 Å². The Bertz CT molecular complexity index is 489. The summed E-state index contributed by atoms with van der Waals surface area (Å²) in [5, 5.41) is 2.65. The number of hydrogen-bond acceptors (Lipinski definition) is 5. The van der Waals surface area contributed by atoms with E-state index in [-0.39, 0.29) is 18.6 Å². The molecule has 1 amide bonds. The van der Waals surface area contributed by atoms with Crippen LogP contribution in [0.1, 0.15) is 26.3 Å². The molecule has 0 aromatic heterocycles. The molecule has 0 aliphatic carbocycles. The molecule has 0 fully saturated rings. The number of esters is 1. The highest BCUT2D eigenvalue weighted by atomic mass is 16.5. The molecule has 0 aliphatic heterocycles. The molecule has 122 valence electrons. The molecule has 0 saturated heterocycles. The van der Waals surface area contributed by atoms with Crippen molar-refractivity contribution >= 4 is 12.4 Å². The van der Waals surface area contributed by atoms with Crippen molar-refractivity contribution < 1.29 is 23.8 Å². The summed E-state index contributed by atoms with van der Waals surface area (Å²) in [5.41, 5.74) is 0.957. The summed E-state index contributed by atoms with van der Waals surface area (Å²) in [4.78, 5) is 21.5. The van der Waals surface area contributed by atoms with E-state index in [0.717, 1.165) is 5.56 Å². The number of hydrogen-bond donors (Lipinski definition) is 1. The Morgan fingerprint density at radius 3 is 2.50 bits per heavy atom.